The number of amides is 2. The van der Waals surface area contributed by atoms with Crippen molar-refractivity contribution in [3.05, 3.63) is 126 Å². The predicted molar refractivity (Wildman–Crippen MR) is 142 cm³/mol. The number of nitrogens with zero attached hydrogens (tertiary/aromatic N) is 2. The molecule has 6 heteroatoms. The molecule has 184 valence electrons. The van der Waals surface area contributed by atoms with E-state index in [2.05, 4.69) is 0 Å². The van der Waals surface area contributed by atoms with Crippen molar-refractivity contribution in [1.82, 2.24) is 4.90 Å². The van der Waals surface area contributed by atoms with Crippen molar-refractivity contribution in [1.29, 1.82) is 0 Å². The van der Waals surface area contributed by atoms with E-state index in [9.17, 15) is 14.4 Å². The van der Waals surface area contributed by atoms with Crippen LogP contribution in [0.2, 0.25) is 0 Å². The van der Waals surface area contributed by atoms with Crippen molar-refractivity contribution in [2.24, 2.45) is 0 Å². The van der Waals surface area contributed by atoms with E-state index in [4.69, 9.17) is 4.74 Å². The van der Waals surface area contributed by atoms with Gasteiger partial charge in [0.05, 0.1) is 0 Å². The van der Waals surface area contributed by atoms with Crippen LogP contribution < -0.4 is 4.90 Å². The van der Waals surface area contributed by atoms with Crippen molar-refractivity contribution in [2.75, 3.05) is 18.0 Å². The van der Waals surface area contributed by atoms with Crippen LogP contribution in [-0.2, 0) is 27.5 Å². The van der Waals surface area contributed by atoms with Gasteiger partial charge in [-0.3, -0.25) is 19.3 Å². The highest BCUT2D eigenvalue weighted by molar-refractivity contribution is 6.10. The number of ether oxygens (including phenoxy) is 1. The molecule has 0 unspecified atom stereocenters. The fourth-order valence-electron chi connectivity index (χ4n) is 4.38. The smallest absolute Gasteiger partial charge is 0.325 e. The van der Waals surface area contributed by atoms with Gasteiger partial charge in [-0.15, -0.1) is 0 Å². The molecule has 4 aromatic rings. The largest absolute Gasteiger partial charge is 0.459 e. The Bertz CT molecular complexity index is 1400. The molecule has 2 amide bonds. The number of anilines is 1. The van der Waals surface area contributed by atoms with Gasteiger partial charge in [0.25, 0.3) is 5.91 Å². The standard InChI is InChI=1S/C31H26N2O4/c34-29-20-33(31(36)26-17-15-25(16-18-26)24-11-5-2-6-12-24)28-14-8-7-13-27(28)19-32(29)21-30(35)37-22-23-9-3-1-4-10-23/h1-18H,19-22H2. The average Bonchev–Trinajstić information content (AvgIpc) is 3.09. The summed E-state index contributed by atoms with van der Waals surface area (Å²) in [4.78, 5) is 42.2. The molecule has 37 heavy (non-hydrogen) atoms. The first-order valence-electron chi connectivity index (χ1n) is 12.1. The molecule has 6 nitrogen and oxygen atoms in total. The molecular weight excluding hydrogens is 464 g/mol. The molecule has 1 aliphatic heterocycles. The van der Waals surface area contributed by atoms with Gasteiger partial charge in [-0.05, 0) is 40.5 Å². The first-order chi connectivity index (χ1) is 18.1. The molecule has 5 rings (SSSR count). The maximum Gasteiger partial charge on any atom is 0.325 e. The van der Waals surface area contributed by atoms with Crippen molar-refractivity contribution in [3.8, 4) is 11.1 Å². The molecule has 0 radical (unpaired) electrons. The van der Waals surface area contributed by atoms with Crippen molar-refractivity contribution in [2.45, 2.75) is 13.2 Å². The maximum absolute atomic E-state index is 13.6. The molecule has 0 saturated carbocycles. The van der Waals surface area contributed by atoms with Gasteiger partial charge in [0.1, 0.15) is 19.7 Å². The summed E-state index contributed by atoms with van der Waals surface area (Å²) in [5.74, 6) is -1.08. The molecule has 0 spiro atoms. The third-order valence-electron chi connectivity index (χ3n) is 6.34. The number of benzene rings is 4. The third kappa shape index (κ3) is 5.59. The first-order valence-corrected chi connectivity index (χ1v) is 12.1. The van der Waals surface area contributed by atoms with Crippen molar-refractivity contribution in [3.63, 3.8) is 0 Å². The van der Waals surface area contributed by atoms with Crippen molar-refractivity contribution >= 4 is 23.5 Å². The summed E-state index contributed by atoms with van der Waals surface area (Å²) in [7, 11) is 0. The van der Waals surface area contributed by atoms with E-state index in [-0.39, 0.29) is 38.1 Å². The fraction of sp³-hybridized carbons (Fsp3) is 0.129. The monoisotopic (exact) mass is 490 g/mol. The van der Waals surface area contributed by atoms with Crippen LogP contribution in [-0.4, -0.2) is 35.8 Å². The number of rotatable bonds is 6. The average molecular weight is 491 g/mol. The van der Waals surface area contributed by atoms with Gasteiger partial charge in [0, 0.05) is 17.8 Å². The molecular formula is C31H26N2O4. The first kappa shape index (κ1) is 24.0. The van der Waals surface area contributed by atoms with Crippen LogP contribution in [0.4, 0.5) is 5.69 Å². The SMILES string of the molecule is O=C(CN1Cc2ccccc2N(C(=O)c2ccc(-c3ccccc3)cc2)CC1=O)OCc1ccccc1. The lowest BCUT2D eigenvalue weighted by Crippen LogP contribution is -2.42. The second-order valence-corrected chi connectivity index (χ2v) is 8.86. The molecule has 4 aromatic carbocycles. The van der Waals surface area contributed by atoms with Gasteiger partial charge in [-0.25, -0.2) is 0 Å². The van der Waals surface area contributed by atoms with E-state index >= 15 is 0 Å². The highest BCUT2D eigenvalue weighted by Gasteiger charge is 2.30. The quantitative estimate of drug-likeness (QED) is 0.353. The number of hydrogen-bond acceptors (Lipinski definition) is 4. The van der Waals surface area contributed by atoms with Crippen LogP contribution in [0, 0.1) is 0 Å². The molecule has 0 aliphatic carbocycles. The molecule has 0 N–H and O–H groups in total. The number of carbonyl (C=O) groups excluding carboxylic acids is 3. The lowest BCUT2D eigenvalue weighted by atomic mass is 10.0. The Morgan fingerprint density at radius 2 is 1.32 bits per heavy atom. The number of esters is 1. The zero-order valence-electron chi connectivity index (χ0n) is 20.2. The fourth-order valence-corrected chi connectivity index (χ4v) is 4.38. The van der Waals surface area contributed by atoms with Gasteiger partial charge >= 0.3 is 5.97 Å². The van der Waals surface area contributed by atoms with Crippen molar-refractivity contribution < 1.29 is 19.1 Å². The predicted octanol–water partition coefficient (Wildman–Crippen LogP) is 5.09. The van der Waals surface area contributed by atoms with Gasteiger partial charge in [0.2, 0.25) is 5.91 Å². The van der Waals surface area contributed by atoms with Crippen LogP contribution in [0.5, 0.6) is 0 Å². The number of carbonyl (C=O) groups is 3. The Morgan fingerprint density at radius 3 is 2.05 bits per heavy atom. The van der Waals surface area contributed by atoms with E-state index in [1.807, 2.05) is 97.1 Å². The Kier molecular flexibility index (Phi) is 7.08. The second kappa shape index (κ2) is 10.9. The molecule has 0 saturated heterocycles. The van der Waals surface area contributed by atoms with E-state index in [1.54, 1.807) is 12.1 Å². The molecule has 1 aliphatic rings. The van der Waals surface area contributed by atoms with E-state index in [0.717, 1.165) is 22.3 Å². The minimum absolute atomic E-state index is 0.141. The van der Waals surface area contributed by atoms with Gasteiger partial charge in [-0.2, -0.15) is 0 Å². The molecule has 0 aromatic heterocycles. The molecule has 1 heterocycles. The topological polar surface area (TPSA) is 66.9 Å². The number of para-hydroxylation sites is 1. The minimum Gasteiger partial charge on any atom is -0.459 e. The van der Waals surface area contributed by atoms with Crippen LogP contribution in [0.1, 0.15) is 21.5 Å². The zero-order chi connectivity index (χ0) is 25.6. The van der Waals surface area contributed by atoms with Crippen LogP contribution in [0.25, 0.3) is 11.1 Å². The summed E-state index contributed by atoms with van der Waals surface area (Å²) in [6, 6.07) is 34.1. The van der Waals surface area contributed by atoms with Crippen LogP contribution in [0.3, 0.4) is 0 Å². The Hall–Kier alpha value is -4.71. The number of hydrogen-bond donors (Lipinski definition) is 0. The summed E-state index contributed by atoms with van der Waals surface area (Å²) < 4.78 is 5.39. The summed E-state index contributed by atoms with van der Waals surface area (Å²) in [6.45, 7) is 0.00407. The Morgan fingerprint density at radius 1 is 0.703 bits per heavy atom. The molecule has 0 bridgehead atoms. The Labute approximate surface area is 215 Å². The number of fused-ring (bicyclic) bond motifs is 1. The lowest BCUT2D eigenvalue weighted by molar-refractivity contribution is -0.150. The highest BCUT2D eigenvalue weighted by Crippen LogP contribution is 2.28. The summed E-state index contributed by atoms with van der Waals surface area (Å²) in [5.41, 5.74) is 4.87. The van der Waals surface area contributed by atoms with E-state index in [0.29, 0.717) is 11.3 Å². The maximum atomic E-state index is 13.6. The van der Waals surface area contributed by atoms with E-state index in [1.165, 1.54) is 9.80 Å². The summed E-state index contributed by atoms with van der Waals surface area (Å²) in [5, 5.41) is 0. The minimum atomic E-state index is -0.494. The summed E-state index contributed by atoms with van der Waals surface area (Å²) >= 11 is 0. The highest BCUT2D eigenvalue weighted by atomic mass is 16.5. The van der Waals surface area contributed by atoms with Crippen LogP contribution >= 0.6 is 0 Å². The molecule has 0 fully saturated rings. The van der Waals surface area contributed by atoms with Gasteiger partial charge in [0.15, 0.2) is 0 Å². The van der Waals surface area contributed by atoms with Crippen LogP contribution in [0.15, 0.2) is 109 Å². The van der Waals surface area contributed by atoms with E-state index < -0.39 is 5.97 Å². The zero-order valence-corrected chi connectivity index (χ0v) is 20.2. The summed E-state index contributed by atoms with van der Waals surface area (Å²) in [6.07, 6.45) is 0. The third-order valence-corrected chi connectivity index (χ3v) is 6.34. The second-order valence-electron chi connectivity index (χ2n) is 8.86. The normalized spacial score (nSPS) is 13.0. The van der Waals surface area contributed by atoms with Gasteiger partial charge < -0.3 is 9.64 Å². The molecule has 0 atom stereocenters. The lowest BCUT2D eigenvalue weighted by Gasteiger charge is -2.22. The van der Waals surface area contributed by atoms with Gasteiger partial charge in [-0.1, -0.05) is 91.0 Å². The Balaban J connectivity index is 1.32.